The van der Waals surface area contributed by atoms with Crippen molar-refractivity contribution in [1.82, 2.24) is 9.78 Å². The van der Waals surface area contributed by atoms with Crippen molar-refractivity contribution in [2.75, 3.05) is 6.54 Å². The first-order valence-corrected chi connectivity index (χ1v) is 5.28. The van der Waals surface area contributed by atoms with E-state index >= 15 is 0 Å². The van der Waals surface area contributed by atoms with Crippen molar-refractivity contribution in [3.8, 4) is 0 Å². The van der Waals surface area contributed by atoms with Crippen LogP contribution in [0.3, 0.4) is 0 Å². The summed E-state index contributed by atoms with van der Waals surface area (Å²) in [4.78, 5) is 11.4. The Kier molecular flexibility index (Phi) is 2.58. The Morgan fingerprint density at radius 1 is 1.60 bits per heavy atom. The molecule has 0 spiro atoms. The summed E-state index contributed by atoms with van der Waals surface area (Å²) in [5, 5.41) is 5.13. The molecule has 1 aromatic carbocycles. The predicted octanol–water partition coefficient (Wildman–Crippen LogP) is 1.48. The summed E-state index contributed by atoms with van der Waals surface area (Å²) in [5.41, 5.74) is 6.91. The Morgan fingerprint density at radius 3 is 3.00 bits per heavy atom. The molecule has 0 aliphatic carbocycles. The molecule has 0 saturated heterocycles. The summed E-state index contributed by atoms with van der Waals surface area (Å²) in [5.74, 6) is -0.0624. The van der Waals surface area contributed by atoms with Gasteiger partial charge in [0.15, 0.2) is 5.78 Å². The van der Waals surface area contributed by atoms with Crippen LogP contribution in [-0.2, 0) is 7.05 Å². The third kappa shape index (κ3) is 1.68. The van der Waals surface area contributed by atoms with Gasteiger partial charge in [-0.2, -0.15) is 5.10 Å². The Morgan fingerprint density at radius 2 is 2.33 bits per heavy atom. The zero-order chi connectivity index (χ0) is 11.0. The molecule has 4 nitrogen and oxygen atoms in total. The fourth-order valence-corrected chi connectivity index (χ4v) is 2.07. The van der Waals surface area contributed by atoms with Crippen LogP contribution in [0, 0.1) is 0 Å². The lowest BCUT2D eigenvalue weighted by Gasteiger charge is -1.98. The van der Waals surface area contributed by atoms with E-state index in [1.807, 2.05) is 19.2 Å². The molecular weight excluding hydrogens is 258 g/mol. The van der Waals surface area contributed by atoms with E-state index in [-0.39, 0.29) is 12.3 Å². The minimum atomic E-state index is -0.0624. The molecule has 0 saturated carbocycles. The van der Waals surface area contributed by atoms with Crippen LogP contribution < -0.4 is 5.73 Å². The summed E-state index contributed by atoms with van der Waals surface area (Å²) < 4.78 is 2.50. The second kappa shape index (κ2) is 3.75. The van der Waals surface area contributed by atoms with Crippen LogP contribution in [0.2, 0.25) is 0 Å². The van der Waals surface area contributed by atoms with Crippen LogP contribution in [0.25, 0.3) is 10.9 Å². The van der Waals surface area contributed by atoms with Crippen molar-refractivity contribution in [1.29, 1.82) is 0 Å². The number of aryl methyl sites for hydroxylation is 1. The quantitative estimate of drug-likeness (QED) is 0.839. The van der Waals surface area contributed by atoms with Gasteiger partial charge < -0.3 is 5.73 Å². The third-order valence-corrected chi connectivity index (χ3v) is 2.90. The van der Waals surface area contributed by atoms with Crippen molar-refractivity contribution in [2.45, 2.75) is 0 Å². The highest BCUT2D eigenvalue weighted by atomic mass is 79.9. The Labute approximate surface area is 95.2 Å². The predicted molar refractivity (Wildman–Crippen MR) is 61.8 cm³/mol. The van der Waals surface area contributed by atoms with Crippen molar-refractivity contribution in [3.05, 3.63) is 28.4 Å². The van der Waals surface area contributed by atoms with Gasteiger partial charge in [0, 0.05) is 18.0 Å². The summed E-state index contributed by atoms with van der Waals surface area (Å²) in [6.45, 7) is 0.0311. The molecule has 1 heterocycles. The minimum absolute atomic E-state index is 0.0311. The zero-order valence-electron chi connectivity index (χ0n) is 8.20. The van der Waals surface area contributed by atoms with Gasteiger partial charge in [-0.3, -0.25) is 9.48 Å². The molecule has 5 heteroatoms. The monoisotopic (exact) mass is 267 g/mol. The van der Waals surface area contributed by atoms with E-state index in [4.69, 9.17) is 5.73 Å². The summed E-state index contributed by atoms with van der Waals surface area (Å²) >= 11 is 3.35. The van der Waals surface area contributed by atoms with Crippen molar-refractivity contribution in [3.63, 3.8) is 0 Å². The van der Waals surface area contributed by atoms with E-state index in [1.54, 1.807) is 10.7 Å². The first-order chi connectivity index (χ1) is 7.13. The molecule has 2 aromatic rings. The largest absolute Gasteiger partial charge is 0.324 e. The maximum atomic E-state index is 11.4. The van der Waals surface area contributed by atoms with Crippen molar-refractivity contribution >= 4 is 32.6 Å². The fourth-order valence-electron chi connectivity index (χ4n) is 1.51. The SMILES string of the molecule is Cn1nc(Br)c2cc(C(=O)CN)ccc21. The number of hydrogen-bond acceptors (Lipinski definition) is 3. The molecule has 2 N–H and O–H groups in total. The highest BCUT2D eigenvalue weighted by Gasteiger charge is 2.09. The van der Waals surface area contributed by atoms with Gasteiger partial charge in [0.25, 0.3) is 0 Å². The van der Waals surface area contributed by atoms with Crippen LogP contribution in [0.5, 0.6) is 0 Å². The van der Waals surface area contributed by atoms with Gasteiger partial charge in [0.05, 0.1) is 12.1 Å². The van der Waals surface area contributed by atoms with Gasteiger partial charge in [0.1, 0.15) is 4.60 Å². The number of hydrogen-bond donors (Lipinski definition) is 1. The van der Waals surface area contributed by atoms with E-state index < -0.39 is 0 Å². The van der Waals surface area contributed by atoms with Gasteiger partial charge in [-0.15, -0.1) is 0 Å². The highest BCUT2D eigenvalue weighted by molar-refractivity contribution is 9.10. The number of nitrogens with zero attached hydrogens (tertiary/aromatic N) is 2. The van der Waals surface area contributed by atoms with Crippen LogP contribution in [0.1, 0.15) is 10.4 Å². The molecule has 0 aliphatic heterocycles. The summed E-state index contributed by atoms with van der Waals surface area (Å²) in [7, 11) is 1.86. The molecule has 0 unspecified atom stereocenters. The second-order valence-corrected chi connectivity index (χ2v) is 4.02. The number of carbonyl (C=O) groups excluding carboxylic acids is 1. The summed E-state index contributed by atoms with van der Waals surface area (Å²) in [6.07, 6.45) is 0. The van der Waals surface area contributed by atoms with Gasteiger partial charge in [0.2, 0.25) is 0 Å². The summed E-state index contributed by atoms with van der Waals surface area (Å²) in [6, 6.07) is 5.45. The number of aromatic nitrogens is 2. The average molecular weight is 268 g/mol. The lowest BCUT2D eigenvalue weighted by atomic mass is 10.1. The average Bonchev–Trinajstić information content (AvgIpc) is 2.53. The number of ketones is 1. The maximum Gasteiger partial charge on any atom is 0.176 e. The molecule has 1 aromatic heterocycles. The fraction of sp³-hybridized carbons (Fsp3) is 0.200. The number of nitrogens with two attached hydrogens (primary N) is 1. The number of benzene rings is 1. The van der Waals surface area contributed by atoms with Gasteiger partial charge in [-0.05, 0) is 34.1 Å². The molecule has 0 atom stereocenters. The molecule has 78 valence electrons. The van der Waals surface area contributed by atoms with Crippen molar-refractivity contribution in [2.24, 2.45) is 12.8 Å². The number of carbonyl (C=O) groups is 1. The second-order valence-electron chi connectivity index (χ2n) is 3.27. The van der Waals surface area contributed by atoms with E-state index in [0.29, 0.717) is 5.56 Å². The first-order valence-electron chi connectivity index (χ1n) is 4.49. The van der Waals surface area contributed by atoms with Crippen LogP contribution >= 0.6 is 15.9 Å². The van der Waals surface area contributed by atoms with Crippen LogP contribution in [-0.4, -0.2) is 22.1 Å². The lowest BCUT2D eigenvalue weighted by molar-refractivity contribution is 0.100. The Hall–Kier alpha value is -1.20. The Bertz CT molecular complexity index is 533. The van der Waals surface area contributed by atoms with Gasteiger partial charge in [-0.25, -0.2) is 0 Å². The van der Waals surface area contributed by atoms with E-state index in [9.17, 15) is 4.79 Å². The number of halogens is 1. The highest BCUT2D eigenvalue weighted by Crippen LogP contribution is 2.23. The van der Waals surface area contributed by atoms with E-state index in [2.05, 4.69) is 21.0 Å². The minimum Gasteiger partial charge on any atom is -0.324 e. The van der Waals surface area contributed by atoms with Gasteiger partial charge >= 0.3 is 0 Å². The molecule has 0 aliphatic rings. The lowest BCUT2D eigenvalue weighted by Crippen LogP contribution is -2.13. The van der Waals surface area contributed by atoms with E-state index in [1.165, 1.54) is 0 Å². The number of fused-ring (bicyclic) bond motifs is 1. The smallest absolute Gasteiger partial charge is 0.176 e. The molecule has 2 rings (SSSR count). The zero-order valence-corrected chi connectivity index (χ0v) is 9.78. The van der Waals surface area contributed by atoms with Crippen LogP contribution in [0.15, 0.2) is 22.8 Å². The van der Waals surface area contributed by atoms with E-state index in [0.717, 1.165) is 15.5 Å². The number of rotatable bonds is 2. The van der Waals surface area contributed by atoms with Gasteiger partial charge in [-0.1, -0.05) is 0 Å². The normalized spacial score (nSPS) is 10.9. The number of Topliss-reactive ketones (excluding diaryl/α,β-unsaturated/α-hetero) is 1. The molecule has 0 amide bonds. The topological polar surface area (TPSA) is 60.9 Å². The van der Waals surface area contributed by atoms with Crippen LogP contribution in [0.4, 0.5) is 0 Å². The Balaban J connectivity index is 2.65. The maximum absolute atomic E-state index is 11.4. The molecule has 0 radical (unpaired) electrons. The molecule has 0 bridgehead atoms. The van der Waals surface area contributed by atoms with Crippen molar-refractivity contribution < 1.29 is 4.79 Å². The molecule has 0 fully saturated rings. The standard InChI is InChI=1S/C10H10BrN3O/c1-14-8-3-2-6(9(15)5-12)4-7(8)10(11)13-14/h2-4H,5,12H2,1H3. The molecular formula is C10H10BrN3O. The molecule has 15 heavy (non-hydrogen) atoms. The first kappa shape index (κ1) is 10.3. The third-order valence-electron chi connectivity index (χ3n) is 2.31.